The van der Waals surface area contributed by atoms with E-state index in [0.717, 1.165) is 11.8 Å². The number of carbonyl (C=O) groups is 2. The number of ether oxygens (including phenoxy) is 2. The fraction of sp³-hybridized carbons (Fsp3) is 0.105. The van der Waals surface area contributed by atoms with Crippen LogP contribution in [0.3, 0.4) is 0 Å². The van der Waals surface area contributed by atoms with Crippen LogP contribution in [0.1, 0.15) is 5.56 Å². The Morgan fingerprint density at radius 1 is 1.21 bits per heavy atom. The van der Waals surface area contributed by atoms with Gasteiger partial charge in [-0.05, 0) is 42.0 Å². The molecule has 150 valence electrons. The number of carboxylic acids is 1. The lowest BCUT2D eigenvalue weighted by Gasteiger charge is -2.15. The largest absolute Gasteiger partial charge is 0.493 e. The van der Waals surface area contributed by atoms with E-state index in [2.05, 4.69) is 0 Å². The highest BCUT2D eigenvalue weighted by Crippen LogP contribution is 2.38. The van der Waals surface area contributed by atoms with Gasteiger partial charge in [-0.25, -0.2) is 4.79 Å². The summed E-state index contributed by atoms with van der Waals surface area (Å²) in [6.45, 7) is -0.488. The number of hydrogen-bond acceptors (Lipinski definition) is 6. The van der Waals surface area contributed by atoms with Gasteiger partial charge in [0.05, 0.1) is 27.7 Å². The second-order valence-corrected chi connectivity index (χ2v) is 8.20. The number of thioether (sulfide) groups is 1. The minimum absolute atomic E-state index is 0.287. The maximum absolute atomic E-state index is 12.9. The average molecular weight is 470 g/mol. The molecule has 0 atom stereocenters. The smallest absolute Gasteiger partial charge is 0.341 e. The highest BCUT2D eigenvalue weighted by molar-refractivity contribution is 8.27. The molecule has 0 unspecified atom stereocenters. The van der Waals surface area contributed by atoms with Crippen molar-refractivity contribution in [3.63, 3.8) is 0 Å². The first-order valence-corrected chi connectivity index (χ1v) is 10.0. The number of carboxylic acid groups (broad SMARTS) is 1. The third kappa shape index (κ3) is 4.84. The molecule has 1 heterocycles. The van der Waals surface area contributed by atoms with Gasteiger partial charge in [0.1, 0.15) is 0 Å². The van der Waals surface area contributed by atoms with Gasteiger partial charge in [-0.15, -0.1) is 0 Å². The van der Waals surface area contributed by atoms with E-state index in [-0.39, 0.29) is 11.7 Å². The summed E-state index contributed by atoms with van der Waals surface area (Å²) in [5.41, 5.74) is 1.19. The van der Waals surface area contributed by atoms with Crippen LogP contribution in [0, 0.1) is 0 Å². The number of aliphatic carboxylic acids is 1. The van der Waals surface area contributed by atoms with Crippen molar-refractivity contribution in [2.24, 2.45) is 0 Å². The van der Waals surface area contributed by atoms with Gasteiger partial charge >= 0.3 is 5.97 Å². The number of halogens is 2. The maximum Gasteiger partial charge on any atom is 0.341 e. The number of hydrogen-bond donors (Lipinski definition) is 1. The topological polar surface area (TPSA) is 76.1 Å². The molecule has 1 N–H and O–H groups in total. The second kappa shape index (κ2) is 9.04. The summed E-state index contributed by atoms with van der Waals surface area (Å²) >= 11 is 18.5. The quantitative estimate of drug-likeness (QED) is 0.477. The number of anilines is 1. The van der Waals surface area contributed by atoms with E-state index >= 15 is 0 Å². The van der Waals surface area contributed by atoms with Gasteiger partial charge in [0, 0.05) is 0 Å². The lowest BCUT2D eigenvalue weighted by molar-refractivity contribution is -0.139. The summed E-state index contributed by atoms with van der Waals surface area (Å²) in [4.78, 5) is 25.3. The minimum atomic E-state index is -1.10. The molecule has 2 aromatic rings. The zero-order valence-electron chi connectivity index (χ0n) is 14.8. The summed E-state index contributed by atoms with van der Waals surface area (Å²) in [5.74, 6) is -0.749. The molecule has 2 aromatic carbocycles. The van der Waals surface area contributed by atoms with Crippen LogP contribution < -0.4 is 14.4 Å². The minimum Gasteiger partial charge on any atom is -0.493 e. The van der Waals surface area contributed by atoms with Crippen LogP contribution in [-0.2, 0) is 9.59 Å². The maximum atomic E-state index is 12.9. The van der Waals surface area contributed by atoms with Crippen LogP contribution >= 0.6 is 47.2 Å². The molecule has 1 amide bonds. The summed E-state index contributed by atoms with van der Waals surface area (Å²) in [7, 11) is 1.44. The van der Waals surface area contributed by atoms with E-state index in [1.165, 1.54) is 12.0 Å². The van der Waals surface area contributed by atoms with Crippen molar-refractivity contribution in [3.05, 3.63) is 56.9 Å². The molecule has 0 spiro atoms. The van der Waals surface area contributed by atoms with Gasteiger partial charge < -0.3 is 14.6 Å². The molecule has 0 aliphatic carbocycles. The van der Waals surface area contributed by atoms with E-state index in [0.29, 0.717) is 36.3 Å². The lowest BCUT2D eigenvalue weighted by atomic mass is 10.2. The Kier molecular flexibility index (Phi) is 6.69. The summed E-state index contributed by atoms with van der Waals surface area (Å²) < 4.78 is 10.8. The fourth-order valence-electron chi connectivity index (χ4n) is 2.50. The number of thiocarbonyl (C=S) groups is 1. The number of amides is 1. The number of rotatable bonds is 6. The number of carbonyl (C=O) groups excluding carboxylic acids is 1. The molecule has 1 aliphatic heterocycles. The van der Waals surface area contributed by atoms with Crippen molar-refractivity contribution >= 4 is 75.1 Å². The average Bonchev–Trinajstić information content (AvgIpc) is 2.96. The van der Waals surface area contributed by atoms with Crippen molar-refractivity contribution < 1.29 is 24.2 Å². The Balaban J connectivity index is 1.87. The standard InChI is InChI=1S/C19H13Cl2NO5S2/c1-26-15-6-10(2-5-14(15)27-9-17(23)24)7-16-18(25)22(19(28)29-16)11-3-4-12(20)13(21)8-11/h2-8H,9H2,1H3,(H,23,24)/b16-7-. The molecule has 0 aromatic heterocycles. The van der Waals surface area contributed by atoms with Gasteiger partial charge in [-0.1, -0.05) is 53.2 Å². The Labute approximate surface area is 186 Å². The van der Waals surface area contributed by atoms with Crippen molar-refractivity contribution in [1.82, 2.24) is 0 Å². The van der Waals surface area contributed by atoms with Gasteiger partial charge in [-0.2, -0.15) is 0 Å². The zero-order valence-corrected chi connectivity index (χ0v) is 18.0. The molecule has 6 nitrogen and oxygen atoms in total. The zero-order chi connectivity index (χ0) is 21.1. The Hall–Kier alpha value is -2.26. The van der Waals surface area contributed by atoms with Crippen molar-refractivity contribution in [3.8, 4) is 11.5 Å². The number of benzene rings is 2. The Bertz CT molecular complexity index is 1040. The van der Waals surface area contributed by atoms with Crippen LogP contribution in [-0.4, -0.2) is 35.0 Å². The van der Waals surface area contributed by atoms with Crippen molar-refractivity contribution in [2.75, 3.05) is 18.6 Å². The number of nitrogens with zero attached hydrogens (tertiary/aromatic N) is 1. The van der Waals surface area contributed by atoms with Crippen LogP contribution in [0.4, 0.5) is 5.69 Å². The summed E-state index contributed by atoms with van der Waals surface area (Å²) in [5, 5.41) is 9.45. The van der Waals surface area contributed by atoms with Crippen LogP contribution in [0.15, 0.2) is 41.3 Å². The van der Waals surface area contributed by atoms with Gasteiger partial charge in [0.25, 0.3) is 5.91 Å². The predicted molar refractivity (Wildman–Crippen MR) is 118 cm³/mol. The highest BCUT2D eigenvalue weighted by Gasteiger charge is 2.33. The van der Waals surface area contributed by atoms with E-state index in [1.54, 1.807) is 42.5 Å². The number of methoxy groups -OCH3 is 1. The van der Waals surface area contributed by atoms with Crippen molar-refractivity contribution in [1.29, 1.82) is 0 Å². The molecule has 0 bridgehead atoms. The summed E-state index contributed by atoms with van der Waals surface area (Å²) in [6, 6.07) is 9.75. The molecule has 1 saturated heterocycles. The first kappa shape index (κ1) is 21.4. The van der Waals surface area contributed by atoms with Crippen LogP contribution in [0.5, 0.6) is 11.5 Å². The normalized spacial score (nSPS) is 15.1. The van der Waals surface area contributed by atoms with Gasteiger partial charge in [0.15, 0.2) is 22.4 Å². The molecule has 10 heteroatoms. The SMILES string of the molecule is COc1cc(/C=C2\SC(=S)N(c3ccc(Cl)c(Cl)c3)C2=O)ccc1OCC(=O)O. The molecular formula is C19H13Cl2NO5S2. The van der Waals surface area contributed by atoms with E-state index in [9.17, 15) is 9.59 Å². The fourth-order valence-corrected chi connectivity index (χ4v) is 4.09. The molecular weight excluding hydrogens is 457 g/mol. The first-order valence-electron chi connectivity index (χ1n) is 8.06. The molecule has 3 rings (SSSR count). The Morgan fingerprint density at radius 2 is 1.97 bits per heavy atom. The molecule has 0 saturated carbocycles. The molecule has 1 fully saturated rings. The molecule has 0 radical (unpaired) electrons. The van der Waals surface area contributed by atoms with E-state index in [1.807, 2.05) is 0 Å². The van der Waals surface area contributed by atoms with Gasteiger partial charge in [0.2, 0.25) is 0 Å². The van der Waals surface area contributed by atoms with Crippen LogP contribution in [0.2, 0.25) is 10.0 Å². The first-order chi connectivity index (χ1) is 13.8. The van der Waals surface area contributed by atoms with Crippen LogP contribution in [0.25, 0.3) is 6.08 Å². The predicted octanol–water partition coefficient (Wildman–Crippen LogP) is 4.87. The monoisotopic (exact) mass is 469 g/mol. The third-order valence-electron chi connectivity index (χ3n) is 3.79. The second-order valence-electron chi connectivity index (χ2n) is 5.71. The summed E-state index contributed by atoms with van der Waals surface area (Å²) in [6.07, 6.45) is 1.67. The molecule has 1 aliphatic rings. The Morgan fingerprint density at radius 3 is 2.62 bits per heavy atom. The van der Waals surface area contributed by atoms with Gasteiger partial charge in [-0.3, -0.25) is 9.69 Å². The van der Waals surface area contributed by atoms with E-state index in [4.69, 9.17) is 50.0 Å². The highest BCUT2D eigenvalue weighted by atomic mass is 35.5. The van der Waals surface area contributed by atoms with Crippen molar-refractivity contribution in [2.45, 2.75) is 0 Å². The van der Waals surface area contributed by atoms with E-state index < -0.39 is 12.6 Å². The lowest BCUT2D eigenvalue weighted by Crippen LogP contribution is -2.27. The molecule has 29 heavy (non-hydrogen) atoms. The third-order valence-corrected chi connectivity index (χ3v) is 5.83.